The minimum atomic E-state index is -0.000414. The number of nitrogens with two attached hydrogens (primary N) is 1. The van der Waals surface area contributed by atoms with Crippen LogP contribution in [0, 0.1) is 5.92 Å². The molecule has 6 nitrogen and oxygen atoms in total. The third-order valence-electron chi connectivity index (χ3n) is 3.65. The zero-order valence-electron chi connectivity index (χ0n) is 10.7. The number of hydrogen-bond acceptors (Lipinski definition) is 5. The van der Waals surface area contributed by atoms with Gasteiger partial charge in [0.15, 0.2) is 0 Å². The number of hydrogen-bond donors (Lipinski definition) is 1. The van der Waals surface area contributed by atoms with Crippen molar-refractivity contribution in [2.24, 2.45) is 5.92 Å². The molecule has 1 saturated heterocycles. The molecule has 1 fully saturated rings. The first-order chi connectivity index (χ1) is 8.56. The second-order valence-electron chi connectivity index (χ2n) is 5.23. The van der Waals surface area contributed by atoms with Crippen molar-refractivity contribution < 1.29 is 4.79 Å². The van der Waals surface area contributed by atoms with E-state index >= 15 is 0 Å². The maximum Gasteiger partial charge on any atom is 0.259 e. The molecule has 1 aromatic heterocycles. The van der Waals surface area contributed by atoms with Gasteiger partial charge in [-0.2, -0.15) is 4.98 Å². The summed E-state index contributed by atoms with van der Waals surface area (Å²) >= 11 is 0. The van der Waals surface area contributed by atoms with E-state index in [0.29, 0.717) is 18.0 Å². The molecule has 1 aromatic rings. The molecule has 2 aliphatic heterocycles. The summed E-state index contributed by atoms with van der Waals surface area (Å²) in [7, 11) is 1.77. The first kappa shape index (κ1) is 11.3. The first-order valence-electron chi connectivity index (χ1n) is 6.23. The lowest BCUT2D eigenvalue weighted by molar-refractivity contribution is 0.0816. The van der Waals surface area contributed by atoms with E-state index in [1.807, 2.05) is 0 Å². The number of aromatic nitrogens is 2. The quantitative estimate of drug-likeness (QED) is 0.781. The molecule has 2 aliphatic rings. The number of amides is 1. The molecular formula is C12H17N5O. The standard InChI is InChI=1S/C12H17N5O/c1-7-3-4-17(5-7)10-9-8(14-12(13)15-10)6-16(2)11(9)18/h7H,3-6H2,1-2H3,(H2,13,14,15). The molecule has 1 atom stereocenters. The lowest BCUT2D eigenvalue weighted by atomic mass is 10.2. The molecule has 0 saturated carbocycles. The van der Waals surface area contributed by atoms with E-state index in [9.17, 15) is 4.79 Å². The van der Waals surface area contributed by atoms with E-state index in [-0.39, 0.29) is 11.9 Å². The average molecular weight is 247 g/mol. The number of carbonyl (C=O) groups excluding carboxylic acids is 1. The van der Waals surface area contributed by atoms with Gasteiger partial charge in [0.05, 0.1) is 12.2 Å². The van der Waals surface area contributed by atoms with E-state index < -0.39 is 0 Å². The summed E-state index contributed by atoms with van der Waals surface area (Å²) in [5.74, 6) is 1.60. The average Bonchev–Trinajstić information content (AvgIpc) is 2.84. The Morgan fingerprint density at radius 1 is 1.39 bits per heavy atom. The van der Waals surface area contributed by atoms with Crippen molar-refractivity contribution in [3.8, 4) is 0 Å². The van der Waals surface area contributed by atoms with Crippen molar-refractivity contribution in [3.63, 3.8) is 0 Å². The van der Waals surface area contributed by atoms with Crippen LogP contribution in [-0.4, -0.2) is 40.9 Å². The molecule has 3 rings (SSSR count). The molecule has 0 bridgehead atoms. The summed E-state index contributed by atoms with van der Waals surface area (Å²) in [6.45, 7) is 4.59. The summed E-state index contributed by atoms with van der Waals surface area (Å²) in [5.41, 5.74) is 7.14. The van der Waals surface area contributed by atoms with Crippen LogP contribution in [-0.2, 0) is 6.54 Å². The van der Waals surface area contributed by atoms with Gasteiger partial charge in [-0.25, -0.2) is 4.98 Å². The third-order valence-corrected chi connectivity index (χ3v) is 3.65. The van der Waals surface area contributed by atoms with E-state index in [4.69, 9.17) is 5.73 Å². The number of nitrogens with zero attached hydrogens (tertiary/aromatic N) is 4. The SMILES string of the molecule is CC1CCN(c2nc(N)nc3c2C(=O)N(C)C3)C1. The molecule has 6 heteroatoms. The van der Waals surface area contributed by atoms with Crippen molar-refractivity contribution in [2.75, 3.05) is 30.8 Å². The van der Waals surface area contributed by atoms with Crippen LogP contribution < -0.4 is 10.6 Å². The Morgan fingerprint density at radius 3 is 2.83 bits per heavy atom. The molecule has 96 valence electrons. The van der Waals surface area contributed by atoms with Gasteiger partial charge >= 0.3 is 0 Å². The molecule has 0 aromatic carbocycles. The van der Waals surface area contributed by atoms with Crippen molar-refractivity contribution in [3.05, 3.63) is 11.3 Å². The molecule has 18 heavy (non-hydrogen) atoms. The largest absolute Gasteiger partial charge is 0.368 e. The second-order valence-corrected chi connectivity index (χ2v) is 5.23. The lowest BCUT2D eigenvalue weighted by Crippen LogP contribution is -2.25. The molecule has 0 aliphatic carbocycles. The summed E-state index contributed by atoms with van der Waals surface area (Å²) in [6, 6.07) is 0. The number of fused-ring (bicyclic) bond motifs is 1. The van der Waals surface area contributed by atoms with Gasteiger partial charge in [-0.15, -0.1) is 0 Å². The smallest absolute Gasteiger partial charge is 0.259 e. The predicted octanol–water partition coefficient (Wildman–Crippen LogP) is 0.491. The Labute approximate surface area is 106 Å². The van der Waals surface area contributed by atoms with E-state index in [2.05, 4.69) is 21.8 Å². The Kier molecular flexibility index (Phi) is 2.39. The van der Waals surface area contributed by atoms with Crippen molar-refractivity contribution in [1.29, 1.82) is 0 Å². The number of carbonyl (C=O) groups is 1. The van der Waals surface area contributed by atoms with Crippen LogP contribution in [0.2, 0.25) is 0 Å². The monoisotopic (exact) mass is 247 g/mol. The highest BCUT2D eigenvalue weighted by Gasteiger charge is 2.34. The van der Waals surface area contributed by atoms with Gasteiger partial charge in [-0.1, -0.05) is 6.92 Å². The van der Waals surface area contributed by atoms with Gasteiger partial charge < -0.3 is 15.5 Å². The van der Waals surface area contributed by atoms with Gasteiger partial charge in [0.2, 0.25) is 5.95 Å². The van der Waals surface area contributed by atoms with Crippen molar-refractivity contribution in [2.45, 2.75) is 19.9 Å². The molecular weight excluding hydrogens is 230 g/mol. The summed E-state index contributed by atoms with van der Waals surface area (Å²) in [6.07, 6.45) is 1.13. The molecule has 0 radical (unpaired) electrons. The summed E-state index contributed by atoms with van der Waals surface area (Å²) in [4.78, 5) is 24.4. The third kappa shape index (κ3) is 1.60. The van der Waals surface area contributed by atoms with E-state index in [1.165, 1.54) is 0 Å². The Balaban J connectivity index is 2.07. The van der Waals surface area contributed by atoms with Crippen LogP contribution in [0.25, 0.3) is 0 Å². The van der Waals surface area contributed by atoms with Crippen LogP contribution in [0.5, 0.6) is 0 Å². The Morgan fingerprint density at radius 2 is 2.17 bits per heavy atom. The fourth-order valence-electron chi connectivity index (χ4n) is 2.69. The molecule has 0 spiro atoms. The number of anilines is 2. The van der Waals surface area contributed by atoms with Gasteiger partial charge in [0, 0.05) is 20.1 Å². The van der Waals surface area contributed by atoms with Crippen molar-refractivity contribution >= 4 is 17.7 Å². The predicted molar refractivity (Wildman–Crippen MR) is 68.2 cm³/mol. The fourth-order valence-corrected chi connectivity index (χ4v) is 2.69. The lowest BCUT2D eigenvalue weighted by Gasteiger charge is -2.19. The topological polar surface area (TPSA) is 75.4 Å². The zero-order valence-corrected chi connectivity index (χ0v) is 10.7. The molecule has 1 unspecified atom stereocenters. The van der Waals surface area contributed by atoms with Gasteiger partial charge in [-0.05, 0) is 12.3 Å². The minimum absolute atomic E-state index is 0.000414. The minimum Gasteiger partial charge on any atom is -0.368 e. The molecule has 1 amide bonds. The van der Waals surface area contributed by atoms with Crippen LogP contribution in [0.4, 0.5) is 11.8 Å². The maximum atomic E-state index is 12.1. The Bertz CT molecular complexity index is 515. The van der Waals surface area contributed by atoms with Gasteiger partial charge in [0.25, 0.3) is 5.91 Å². The van der Waals surface area contributed by atoms with Crippen LogP contribution in [0.3, 0.4) is 0 Å². The Hall–Kier alpha value is -1.85. The number of nitrogen functional groups attached to an aromatic ring is 1. The zero-order chi connectivity index (χ0) is 12.9. The number of rotatable bonds is 1. The van der Waals surface area contributed by atoms with Crippen LogP contribution >= 0.6 is 0 Å². The van der Waals surface area contributed by atoms with Gasteiger partial charge in [-0.3, -0.25) is 4.79 Å². The normalized spacial score (nSPS) is 22.8. The first-order valence-corrected chi connectivity index (χ1v) is 6.23. The summed E-state index contributed by atoms with van der Waals surface area (Å²) < 4.78 is 0. The van der Waals surface area contributed by atoms with Gasteiger partial charge in [0.1, 0.15) is 11.4 Å². The maximum absolute atomic E-state index is 12.1. The fraction of sp³-hybridized carbons (Fsp3) is 0.583. The highest BCUT2D eigenvalue weighted by atomic mass is 16.2. The highest BCUT2D eigenvalue weighted by molar-refractivity contribution is 6.02. The highest BCUT2D eigenvalue weighted by Crippen LogP contribution is 2.31. The van der Waals surface area contributed by atoms with Crippen LogP contribution in [0.1, 0.15) is 29.4 Å². The van der Waals surface area contributed by atoms with E-state index in [1.54, 1.807) is 11.9 Å². The van der Waals surface area contributed by atoms with Crippen molar-refractivity contribution in [1.82, 2.24) is 14.9 Å². The van der Waals surface area contributed by atoms with Crippen LogP contribution in [0.15, 0.2) is 0 Å². The summed E-state index contributed by atoms with van der Waals surface area (Å²) in [5, 5.41) is 0. The molecule has 3 heterocycles. The molecule has 2 N–H and O–H groups in total. The van der Waals surface area contributed by atoms with E-state index in [0.717, 1.165) is 31.0 Å². The second kappa shape index (κ2) is 3.83.